The van der Waals surface area contributed by atoms with Gasteiger partial charge in [-0.3, -0.25) is 14.4 Å². The highest BCUT2D eigenvalue weighted by Gasteiger charge is 2.52. The molecule has 1 aromatic carbocycles. The first-order valence-corrected chi connectivity index (χ1v) is 13.9. The summed E-state index contributed by atoms with van der Waals surface area (Å²) in [6.07, 6.45) is 9.16. The van der Waals surface area contributed by atoms with Crippen molar-refractivity contribution >= 4 is 18.1 Å². The van der Waals surface area contributed by atoms with Gasteiger partial charge in [-0.2, -0.15) is 0 Å². The van der Waals surface area contributed by atoms with Crippen LogP contribution in [0, 0.1) is 5.92 Å². The Labute approximate surface area is 223 Å². The lowest BCUT2D eigenvalue weighted by Crippen LogP contribution is -2.59. The standard InChI is InChI=1S/C29H38N2O7/c1-37-23-14-17(16-33)13-20-24-21(28(35)30-11-12-32)15-22(25(34)27(24)38-26(20)23)31(19-9-3-2-4-10-19)29(36)18-7-5-6-8-18/h13-16,18-19,22,24-25,27,32,34H,2-12H2,1H3,(H,30,35)/t22-,24+,25+,27+/m1/s1. The molecule has 4 atom stereocenters. The molecule has 0 radical (unpaired) electrons. The Balaban J connectivity index is 1.59. The summed E-state index contributed by atoms with van der Waals surface area (Å²) >= 11 is 0. The van der Waals surface area contributed by atoms with Crippen LogP contribution >= 0.6 is 0 Å². The summed E-state index contributed by atoms with van der Waals surface area (Å²) in [6, 6.07) is 2.50. The van der Waals surface area contributed by atoms with E-state index in [1.165, 1.54) is 7.11 Å². The molecule has 9 heteroatoms. The predicted molar refractivity (Wildman–Crippen MR) is 139 cm³/mol. The van der Waals surface area contributed by atoms with Crippen molar-refractivity contribution in [3.8, 4) is 11.5 Å². The second-order valence-electron chi connectivity index (χ2n) is 10.9. The van der Waals surface area contributed by atoms with E-state index in [0.29, 0.717) is 34.5 Å². The fourth-order valence-corrected chi connectivity index (χ4v) is 6.84. The molecule has 3 N–H and O–H groups in total. The summed E-state index contributed by atoms with van der Waals surface area (Å²) in [7, 11) is 1.48. The van der Waals surface area contributed by atoms with E-state index in [1.807, 2.05) is 4.90 Å². The number of methoxy groups -OCH3 is 1. The number of ether oxygens (including phenoxy) is 2. The zero-order valence-corrected chi connectivity index (χ0v) is 21.9. The number of carbonyl (C=O) groups is 3. The van der Waals surface area contributed by atoms with Crippen LogP contribution in [-0.4, -0.2) is 77.8 Å². The zero-order valence-electron chi connectivity index (χ0n) is 21.9. The number of nitrogens with zero attached hydrogens (tertiary/aromatic N) is 1. The van der Waals surface area contributed by atoms with Crippen molar-refractivity contribution in [1.82, 2.24) is 10.2 Å². The van der Waals surface area contributed by atoms with Crippen LogP contribution in [-0.2, 0) is 9.59 Å². The van der Waals surface area contributed by atoms with Gasteiger partial charge in [0.25, 0.3) is 0 Å². The highest BCUT2D eigenvalue weighted by molar-refractivity contribution is 5.96. The van der Waals surface area contributed by atoms with Crippen molar-refractivity contribution in [2.45, 2.75) is 88.0 Å². The number of fused-ring (bicyclic) bond motifs is 3. The molecule has 1 aliphatic heterocycles. The van der Waals surface area contributed by atoms with Crippen molar-refractivity contribution in [2.24, 2.45) is 5.92 Å². The maximum atomic E-state index is 14.0. The lowest BCUT2D eigenvalue weighted by molar-refractivity contribution is -0.145. The summed E-state index contributed by atoms with van der Waals surface area (Å²) in [5.41, 5.74) is 1.32. The van der Waals surface area contributed by atoms with E-state index in [1.54, 1.807) is 18.2 Å². The minimum Gasteiger partial charge on any atom is -0.493 e. The molecule has 2 fully saturated rings. The van der Waals surface area contributed by atoms with Crippen LogP contribution < -0.4 is 14.8 Å². The highest BCUT2D eigenvalue weighted by Crippen LogP contribution is 2.51. The minimum atomic E-state index is -1.08. The Kier molecular flexibility index (Phi) is 8.04. The van der Waals surface area contributed by atoms with Crippen molar-refractivity contribution in [3.63, 3.8) is 0 Å². The molecule has 9 nitrogen and oxygen atoms in total. The van der Waals surface area contributed by atoms with E-state index in [9.17, 15) is 24.6 Å². The number of carbonyl (C=O) groups excluding carboxylic acids is 3. The molecule has 2 amide bonds. The fourth-order valence-electron chi connectivity index (χ4n) is 6.84. The van der Waals surface area contributed by atoms with Gasteiger partial charge in [0.2, 0.25) is 11.8 Å². The smallest absolute Gasteiger partial charge is 0.247 e. The number of aliphatic hydroxyl groups excluding tert-OH is 2. The van der Waals surface area contributed by atoms with E-state index < -0.39 is 30.1 Å². The second-order valence-corrected chi connectivity index (χ2v) is 10.9. The minimum absolute atomic E-state index is 0.00830. The summed E-state index contributed by atoms with van der Waals surface area (Å²) < 4.78 is 11.8. The average Bonchev–Trinajstić information content (AvgIpc) is 3.62. The molecular weight excluding hydrogens is 488 g/mol. The zero-order chi connectivity index (χ0) is 26.8. The van der Waals surface area contributed by atoms with Crippen LogP contribution in [0.15, 0.2) is 23.8 Å². The van der Waals surface area contributed by atoms with Crippen LogP contribution in [0.2, 0.25) is 0 Å². The van der Waals surface area contributed by atoms with Crippen LogP contribution in [0.4, 0.5) is 0 Å². The molecule has 0 spiro atoms. The number of aliphatic hydroxyl groups is 2. The molecule has 4 aliphatic rings. The molecule has 2 saturated carbocycles. The van der Waals surface area contributed by atoms with Gasteiger partial charge in [-0.25, -0.2) is 0 Å². The van der Waals surface area contributed by atoms with E-state index in [0.717, 1.165) is 57.8 Å². The van der Waals surface area contributed by atoms with Crippen molar-refractivity contribution in [3.05, 3.63) is 34.9 Å². The number of hydrogen-bond acceptors (Lipinski definition) is 7. The third-order valence-corrected chi connectivity index (χ3v) is 8.66. The largest absolute Gasteiger partial charge is 0.493 e. The van der Waals surface area contributed by atoms with Crippen LogP contribution in [0.1, 0.15) is 79.6 Å². The molecule has 3 aliphatic carbocycles. The van der Waals surface area contributed by atoms with Gasteiger partial charge in [-0.15, -0.1) is 0 Å². The number of benzene rings is 1. The molecule has 1 heterocycles. The Morgan fingerprint density at radius 3 is 2.50 bits per heavy atom. The number of hydrogen-bond donors (Lipinski definition) is 3. The molecule has 38 heavy (non-hydrogen) atoms. The van der Waals surface area contributed by atoms with Crippen LogP contribution in [0.5, 0.6) is 11.5 Å². The second kappa shape index (κ2) is 11.5. The van der Waals surface area contributed by atoms with Gasteiger partial charge in [0.15, 0.2) is 11.5 Å². The van der Waals surface area contributed by atoms with Gasteiger partial charge >= 0.3 is 0 Å². The first-order valence-electron chi connectivity index (χ1n) is 13.9. The quantitative estimate of drug-likeness (QED) is 0.445. The van der Waals surface area contributed by atoms with Crippen LogP contribution in [0.3, 0.4) is 0 Å². The van der Waals surface area contributed by atoms with Crippen molar-refractivity contribution in [1.29, 1.82) is 0 Å². The average molecular weight is 527 g/mol. The Bertz CT molecular complexity index is 1090. The molecule has 0 bridgehead atoms. The summed E-state index contributed by atoms with van der Waals surface area (Å²) in [4.78, 5) is 41.0. The van der Waals surface area contributed by atoms with Crippen LogP contribution in [0.25, 0.3) is 0 Å². The normalized spacial score (nSPS) is 27.1. The number of aldehydes is 1. The number of amides is 2. The van der Waals surface area contributed by atoms with Crippen molar-refractivity contribution in [2.75, 3.05) is 20.3 Å². The Hall–Kier alpha value is -2.91. The third kappa shape index (κ3) is 4.82. The SMILES string of the molecule is COc1cc(C=O)cc2c1O[C@@H]1[C@@H](O)[C@H](N(C(=O)C3CCCC3)C3CCCCC3)C=C(C(=O)NCCO)[C@H]21. The molecule has 206 valence electrons. The van der Waals surface area contributed by atoms with E-state index in [-0.39, 0.29) is 31.0 Å². The van der Waals surface area contributed by atoms with Gasteiger partial charge in [0, 0.05) is 35.2 Å². The fraction of sp³-hybridized carbons (Fsp3) is 0.621. The monoisotopic (exact) mass is 526 g/mol. The lowest BCUT2D eigenvalue weighted by Gasteiger charge is -2.46. The highest BCUT2D eigenvalue weighted by atomic mass is 16.5. The molecule has 0 saturated heterocycles. The molecule has 1 aromatic rings. The van der Waals surface area contributed by atoms with Gasteiger partial charge in [-0.05, 0) is 43.9 Å². The molecule has 5 rings (SSSR count). The molecule has 0 aromatic heterocycles. The summed E-state index contributed by atoms with van der Waals surface area (Å²) in [6.45, 7) is -0.150. The first kappa shape index (κ1) is 26.7. The van der Waals surface area contributed by atoms with E-state index in [4.69, 9.17) is 9.47 Å². The van der Waals surface area contributed by atoms with E-state index >= 15 is 0 Å². The Morgan fingerprint density at radius 1 is 1.13 bits per heavy atom. The molecular formula is C29H38N2O7. The number of rotatable bonds is 8. The first-order chi connectivity index (χ1) is 18.5. The number of nitrogens with one attached hydrogen (secondary N) is 1. The summed E-state index contributed by atoms with van der Waals surface area (Å²) in [5, 5.41) is 23.9. The third-order valence-electron chi connectivity index (χ3n) is 8.66. The predicted octanol–water partition coefficient (Wildman–Crippen LogP) is 2.48. The molecule has 0 unspecified atom stereocenters. The Morgan fingerprint density at radius 2 is 1.84 bits per heavy atom. The topological polar surface area (TPSA) is 125 Å². The van der Waals surface area contributed by atoms with E-state index in [2.05, 4.69) is 5.32 Å². The van der Waals surface area contributed by atoms with Crippen molar-refractivity contribution < 1.29 is 34.1 Å². The van der Waals surface area contributed by atoms with Gasteiger partial charge in [0.05, 0.1) is 25.7 Å². The lowest BCUT2D eigenvalue weighted by atomic mass is 9.76. The van der Waals surface area contributed by atoms with Gasteiger partial charge < -0.3 is 29.9 Å². The van der Waals surface area contributed by atoms with Gasteiger partial charge in [-0.1, -0.05) is 32.1 Å². The maximum absolute atomic E-state index is 14.0. The van der Waals surface area contributed by atoms with Gasteiger partial charge in [0.1, 0.15) is 18.5 Å². The maximum Gasteiger partial charge on any atom is 0.247 e. The summed E-state index contributed by atoms with van der Waals surface area (Å²) in [5.74, 6) is -0.323.